The Hall–Kier alpha value is -3.03. The summed E-state index contributed by atoms with van der Waals surface area (Å²) < 4.78 is 87.1. The van der Waals surface area contributed by atoms with Crippen LogP contribution in [0.5, 0.6) is 0 Å². The van der Waals surface area contributed by atoms with Gasteiger partial charge in [0.05, 0.1) is 23.3 Å². The van der Waals surface area contributed by atoms with Crippen LogP contribution in [0.2, 0.25) is 18.1 Å². The van der Waals surface area contributed by atoms with Gasteiger partial charge in [-0.1, -0.05) is 95.3 Å². The maximum absolute atomic E-state index is 14.0. The number of hydrogen-bond acceptors (Lipinski definition) is 4. The number of carbonyl (C=O) groups excluding carboxylic acids is 1. The number of alkyl halides is 6. The van der Waals surface area contributed by atoms with Crippen LogP contribution >= 0.6 is 20.1 Å². The van der Waals surface area contributed by atoms with E-state index in [-0.39, 0.29) is 34.1 Å². The highest BCUT2D eigenvalue weighted by Crippen LogP contribution is 2.40. The highest BCUT2D eigenvalue weighted by molar-refractivity contribution is 7.80. The molecule has 0 bridgehead atoms. The number of rotatable bonds is 13. The van der Waals surface area contributed by atoms with Gasteiger partial charge in [0.1, 0.15) is 6.04 Å². The third kappa shape index (κ3) is 12.3. The van der Waals surface area contributed by atoms with E-state index in [2.05, 4.69) is 79.6 Å². The Balaban J connectivity index is 1.87. The fourth-order valence-corrected chi connectivity index (χ4v) is 9.14. The van der Waals surface area contributed by atoms with Gasteiger partial charge in [-0.3, -0.25) is 10.2 Å². The minimum atomic E-state index is -5.02. The van der Waals surface area contributed by atoms with Gasteiger partial charge in [0, 0.05) is 5.69 Å². The number of hydrazine groups is 1. The zero-order chi connectivity index (χ0) is 38.4. The first-order valence-electron chi connectivity index (χ1n) is 16.5. The fraction of sp³-hybridized carbons (Fsp3) is 0.444. The van der Waals surface area contributed by atoms with Crippen LogP contribution in [0, 0.1) is 5.92 Å². The van der Waals surface area contributed by atoms with Crippen LogP contribution in [0.1, 0.15) is 52.7 Å². The SMILES string of the molecule is CC(C)[C@@H](NNC(=S)Nc1cc(C(F)(F)F)cc(C(F)(F)F)c1)C(=O)N[C@H](CP(c1ccccc1)c1ccccc1)[C@@H](C)O[Si](C)(C)C(C)(C)C. The van der Waals surface area contributed by atoms with Gasteiger partial charge in [0.15, 0.2) is 13.4 Å². The van der Waals surface area contributed by atoms with E-state index in [9.17, 15) is 31.1 Å². The highest BCUT2D eigenvalue weighted by Gasteiger charge is 2.41. The standard InChI is InChI=1S/C36H47F6N4O2PSSi/c1-23(2)31(45-46-33(50)43-27-20-25(35(37,38)39)19-26(21-27)36(40,41)42)32(47)44-30(24(3)48-51(7,8)34(4,5)6)22-49(28-15-11-9-12-16-28)29-17-13-10-14-18-29/h9-21,23-24,30-31,45H,22H2,1-8H3,(H,44,47)(H2,43,46,50)/t24-,30-,31-/m1/s1. The van der Waals surface area contributed by atoms with Crippen molar-refractivity contribution in [2.24, 2.45) is 5.92 Å². The molecule has 0 radical (unpaired) electrons. The Kier molecular flexibility index (Phi) is 14.3. The summed E-state index contributed by atoms with van der Waals surface area (Å²) in [6.07, 6.45) is -9.84. The van der Waals surface area contributed by atoms with Gasteiger partial charge in [0.25, 0.3) is 0 Å². The Bertz CT molecular complexity index is 1530. The fourth-order valence-electron chi connectivity index (χ4n) is 4.95. The molecule has 1 amide bonds. The number of carbonyl (C=O) groups is 1. The van der Waals surface area contributed by atoms with Gasteiger partial charge >= 0.3 is 12.4 Å². The molecule has 280 valence electrons. The number of hydrogen-bond donors (Lipinski definition) is 4. The van der Waals surface area contributed by atoms with Crippen molar-refractivity contribution in [2.45, 2.75) is 90.2 Å². The van der Waals surface area contributed by atoms with Crippen molar-refractivity contribution in [1.82, 2.24) is 16.2 Å². The summed E-state index contributed by atoms with van der Waals surface area (Å²) in [6, 6.07) is 19.9. The zero-order valence-corrected chi connectivity index (χ0v) is 32.7. The summed E-state index contributed by atoms with van der Waals surface area (Å²) in [7, 11) is -3.21. The Morgan fingerprint density at radius 2 is 1.29 bits per heavy atom. The highest BCUT2D eigenvalue weighted by atomic mass is 32.1. The molecule has 0 aromatic heterocycles. The van der Waals surface area contributed by atoms with Gasteiger partial charge in [-0.15, -0.1) is 0 Å². The van der Waals surface area contributed by atoms with Crippen molar-refractivity contribution in [3.05, 3.63) is 90.0 Å². The van der Waals surface area contributed by atoms with Crippen LogP contribution in [0.15, 0.2) is 78.9 Å². The lowest BCUT2D eigenvalue weighted by Gasteiger charge is -2.41. The smallest absolute Gasteiger partial charge is 0.412 e. The van der Waals surface area contributed by atoms with E-state index in [1.165, 1.54) is 0 Å². The number of benzene rings is 3. The van der Waals surface area contributed by atoms with Crippen LogP contribution in [0.3, 0.4) is 0 Å². The first-order valence-corrected chi connectivity index (χ1v) is 21.3. The zero-order valence-electron chi connectivity index (χ0n) is 30.0. The molecule has 51 heavy (non-hydrogen) atoms. The molecule has 0 aliphatic heterocycles. The molecular weight excluding hydrogens is 726 g/mol. The molecule has 3 rings (SSSR count). The van der Waals surface area contributed by atoms with Crippen molar-refractivity contribution in [3.8, 4) is 0 Å². The lowest BCUT2D eigenvalue weighted by Crippen LogP contribution is -2.59. The largest absolute Gasteiger partial charge is 0.416 e. The number of halogens is 6. The van der Waals surface area contributed by atoms with Crippen LogP contribution in [0.4, 0.5) is 32.0 Å². The molecule has 4 N–H and O–H groups in total. The van der Waals surface area contributed by atoms with Crippen LogP contribution < -0.4 is 32.1 Å². The molecule has 3 aromatic rings. The maximum atomic E-state index is 14.0. The van der Waals surface area contributed by atoms with Gasteiger partial charge in [-0.2, -0.15) is 26.3 Å². The molecule has 0 spiro atoms. The summed E-state index contributed by atoms with van der Waals surface area (Å²) in [4.78, 5) is 14.0. The lowest BCUT2D eigenvalue weighted by molar-refractivity contribution is -0.143. The molecule has 0 aliphatic carbocycles. The van der Waals surface area contributed by atoms with Crippen LogP contribution in [-0.2, 0) is 21.6 Å². The molecule has 0 fully saturated rings. The number of anilines is 1. The monoisotopic (exact) mass is 772 g/mol. The van der Waals surface area contributed by atoms with Crippen LogP contribution in [0.25, 0.3) is 0 Å². The average Bonchev–Trinajstić information content (AvgIpc) is 3.02. The molecule has 0 aliphatic rings. The molecular formula is C36H47F6N4O2PSSi. The van der Waals surface area contributed by atoms with Crippen LogP contribution in [-0.4, -0.2) is 43.7 Å². The predicted octanol–water partition coefficient (Wildman–Crippen LogP) is 8.57. The third-order valence-corrected chi connectivity index (χ3v) is 16.2. The van der Waals surface area contributed by atoms with Crippen molar-refractivity contribution in [3.63, 3.8) is 0 Å². The topological polar surface area (TPSA) is 74.4 Å². The second kappa shape index (κ2) is 17.2. The quantitative estimate of drug-likeness (QED) is 0.0459. The van der Waals surface area contributed by atoms with Gasteiger partial charge in [-0.05, 0) is 86.1 Å². The van der Waals surface area contributed by atoms with E-state index in [0.29, 0.717) is 18.3 Å². The maximum Gasteiger partial charge on any atom is 0.416 e. The van der Waals surface area contributed by atoms with E-state index in [1.54, 1.807) is 13.8 Å². The third-order valence-electron chi connectivity index (χ3n) is 8.83. The second-order valence-electron chi connectivity index (χ2n) is 14.2. The van der Waals surface area contributed by atoms with E-state index >= 15 is 0 Å². The first-order chi connectivity index (χ1) is 23.5. The van der Waals surface area contributed by atoms with Gasteiger partial charge < -0.3 is 15.1 Å². The summed E-state index contributed by atoms with van der Waals surface area (Å²) in [6.45, 7) is 16.3. The molecule has 6 nitrogen and oxygen atoms in total. The summed E-state index contributed by atoms with van der Waals surface area (Å²) in [5, 5.41) is 7.45. The summed E-state index contributed by atoms with van der Waals surface area (Å²) >= 11 is 5.20. The Morgan fingerprint density at radius 3 is 1.71 bits per heavy atom. The number of amides is 1. The van der Waals surface area contributed by atoms with Gasteiger partial charge in [0.2, 0.25) is 5.91 Å². The molecule has 0 heterocycles. The molecule has 3 aromatic carbocycles. The van der Waals surface area contributed by atoms with Crippen molar-refractivity contribution in [2.75, 3.05) is 11.5 Å². The molecule has 0 saturated carbocycles. The van der Waals surface area contributed by atoms with Gasteiger partial charge in [-0.25, -0.2) is 5.43 Å². The van der Waals surface area contributed by atoms with E-state index in [1.807, 2.05) is 43.3 Å². The molecule has 3 atom stereocenters. The van der Waals surface area contributed by atoms with Crippen molar-refractivity contribution >= 4 is 55.8 Å². The van der Waals surface area contributed by atoms with Crippen molar-refractivity contribution in [1.29, 1.82) is 0 Å². The first kappa shape index (κ1) is 42.4. The van der Waals surface area contributed by atoms with Crippen molar-refractivity contribution < 1.29 is 35.6 Å². The Morgan fingerprint density at radius 1 is 0.824 bits per heavy atom. The van der Waals surface area contributed by atoms with E-state index in [4.69, 9.17) is 16.6 Å². The Labute approximate surface area is 304 Å². The summed E-state index contributed by atoms with van der Waals surface area (Å²) in [5.74, 6) is -0.696. The molecule has 0 saturated heterocycles. The number of thiocarbonyl (C=S) groups is 1. The summed E-state index contributed by atoms with van der Waals surface area (Å²) in [5.41, 5.74) is 1.92. The minimum Gasteiger partial charge on any atom is -0.412 e. The number of nitrogens with one attached hydrogen (secondary N) is 4. The molecule has 0 unspecified atom stereocenters. The molecule has 15 heteroatoms. The van der Waals surface area contributed by atoms with E-state index < -0.39 is 57.5 Å². The predicted molar refractivity (Wildman–Crippen MR) is 201 cm³/mol. The second-order valence-corrected chi connectivity index (χ2v) is 21.6. The minimum absolute atomic E-state index is 0.0345. The normalized spacial score (nSPS) is 14.6. The lowest BCUT2D eigenvalue weighted by atomic mass is 10.0. The van der Waals surface area contributed by atoms with E-state index in [0.717, 1.165) is 10.6 Å². The average molecular weight is 773 g/mol.